The molecule has 1 unspecified atom stereocenters. The molecule has 2 aromatic heterocycles. The van der Waals surface area contributed by atoms with Gasteiger partial charge in [0.1, 0.15) is 12.6 Å². The highest BCUT2D eigenvalue weighted by Gasteiger charge is 2.06. The van der Waals surface area contributed by atoms with E-state index in [-0.39, 0.29) is 6.10 Å². The van der Waals surface area contributed by atoms with Crippen LogP contribution in [0.5, 0.6) is 0 Å². The van der Waals surface area contributed by atoms with E-state index in [0.29, 0.717) is 6.54 Å². The fraction of sp³-hybridized carbons (Fsp3) is 0.444. The predicted molar refractivity (Wildman–Crippen MR) is 84.5 cm³/mol. The molecule has 0 bridgehead atoms. The van der Waals surface area contributed by atoms with Gasteiger partial charge < -0.3 is 5.11 Å². The zero-order chi connectivity index (χ0) is 15.3. The van der Waals surface area contributed by atoms with Crippen LogP contribution in [-0.4, -0.2) is 11.2 Å². The molecular weight excluding hydrogens is 260 g/mol. The molecule has 0 fully saturated rings. The molecule has 2 aromatic rings. The van der Waals surface area contributed by atoms with Gasteiger partial charge in [-0.3, -0.25) is 0 Å². The van der Waals surface area contributed by atoms with Crippen LogP contribution < -0.4 is 9.13 Å². The van der Waals surface area contributed by atoms with Crippen molar-refractivity contribution in [3.8, 4) is 0 Å². The van der Waals surface area contributed by atoms with Gasteiger partial charge in [0.05, 0.1) is 0 Å². The van der Waals surface area contributed by atoms with Crippen molar-refractivity contribution in [2.24, 2.45) is 0 Å². The zero-order valence-corrected chi connectivity index (χ0v) is 13.2. The average molecular weight is 288 g/mol. The maximum Gasteiger partial charge on any atom is 0.174 e. The molecule has 114 valence electrons. The molecule has 1 atom stereocenters. The van der Waals surface area contributed by atoms with E-state index in [9.17, 15) is 5.11 Å². The maximum absolute atomic E-state index is 9.29. The first-order chi connectivity index (χ1) is 10.3. The summed E-state index contributed by atoms with van der Waals surface area (Å²) in [6.07, 6.45) is 11.3. The lowest BCUT2D eigenvalue weighted by Gasteiger charge is -2.01. The Morgan fingerprint density at radius 1 is 0.810 bits per heavy atom. The summed E-state index contributed by atoms with van der Waals surface area (Å²) < 4.78 is 4.19. The highest BCUT2D eigenvalue weighted by atomic mass is 16.3. The summed E-state index contributed by atoms with van der Waals surface area (Å²) in [5, 5.41) is 9.29. The number of hydrogen-bond donors (Lipinski definition) is 1. The second kappa shape index (κ2) is 11.0. The summed E-state index contributed by atoms with van der Waals surface area (Å²) in [6, 6.07) is 12.1. The molecule has 3 heteroatoms. The zero-order valence-electron chi connectivity index (χ0n) is 13.2. The van der Waals surface area contributed by atoms with Crippen LogP contribution in [0.25, 0.3) is 0 Å². The van der Waals surface area contributed by atoms with Gasteiger partial charge in [0, 0.05) is 30.7 Å². The van der Waals surface area contributed by atoms with Gasteiger partial charge in [0.25, 0.3) is 0 Å². The highest BCUT2D eigenvalue weighted by molar-refractivity contribution is 4.84. The van der Waals surface area contributed by atoms with Gasteiger partial charge in [-0.25, -0.2) is 9.13 Å². The minimum Gasteiger partial charge on any atom is -0.387 e. The standard InChI is InChI=1S/C9H14NO.C9H14N/c1-2-9(11)8-10-6-4-3-5-7-10;1-2-3-7-10-8-5-4-6-9-10/h3-7,9,11H,2,8H2,1H3;4-6,8-9H,2-3,7H2,1H3/q2*+1. The van der Waals surface area contributed by atoms with Gasteiger partial charge >= 0.3 is 0 Å². The fourth-order valence-corrected chi connectivity index (χ4v) is 1.85. The van der Waals surface area contributed by atoms with E-state index in [1.54, 1.807) is 0 Å². The summed E-state index contributed by atoms with van der Waals surface area (Å²) in [5.41, 5.74) is 0. The van der Waals surface area contributed by atoms with E-state index in [1.165, 1.54) is 12.8 Å². The number of rotatable bonds is 6. The normalized spacial score (nSPS) is 11.4. The van der Waals surface area contributed by atoms with Crippen molar-refractivity contribution < 1.29 is 14.2 Å². The van der Waals surface area contributed by atoms with E-state index < -0.39 is 0 Å². The molecular formula is C18H28N2O+2. The Morgan fingerprint density at radius 2 is 1.33 bits per heavy atom. The predicted octanol–water partition coefficient (Wildman–Crippen LogP) is 2.52. The molecule has 0 spiro atoms. The topological polar surface area (TPSA) is 28.0 Å². The van der Waals surface area contributed by atoms with Crippen molar-refractivity contribution in [1.82, 2.24) is 0 Å². The van der Waals surface area contributed by atoms with Crippen LogP contribution >= 0.6 is 0 Å². The van der Waals surface area contributed by atoms with Crippen molar-refractivity contribution in [1.29, 1.82) is 0 Å². The molecule has 0 radical (unpaired) electrons. The van der Waals surface area contributed by atoms with E-state index in [1.807, 2.05) is 48.1 Å². The Morgan fingerprint density at radius 3 is 1.81 bits per heavy atom. The number of hydrogen-bond acceptors (Lipinski definition) is 1. The van der Waals surface area contributed by atoms with Crippen molar-refractivity contribution in [3.63, 3.8) is 0 Å². The number of aryl methyl sites for hydroxylation is 1. The molecule has 0 aliphatic carbocycles. The quantitative estimate of drug-likeness (QED) is 0.813. The van der Waals surface area contributed by atoms with Crippen molar-refractivity contribution in [3.05, 3.63) is 61.2 Å². The Balaban J connectivity index is 0.000000211. The third-order valence-corrected chi connectivity index (χ3v) is 3.22. The van der Waals surface area contributed by atoms with Crippen LogP contribution in [0.2, 0.25) is 0 Å². The molecule has 21 heavy (non-hydrogen) atoms. The van der Waals surface area contributed by atoms with Gasteiger partial charge in [-0.2, -0.15) is 0 Å². The van der Waals surface area contributed by atoms with E-state index in [4.69, 9.17) is 0 Å². The van der Waals surface area contributed by atoms with Crippen molar-refractivity contribution >= 4 is 0 Å². The summed E-state index contributed by atoms with van der Waals surface area (Å²) in [5.74, 6) is 0. The van der Waals surface area contributed by atoms with Crippen molar-refractivity contribution in [2.75, 3.05) is 0 Å². The van der Waals surface area contributed by atoms with Crippen LogP contribution in [0, 0.1) is 0 Å². The molecule has 1 N–H and O–H groups in total. The lowest BCUT2D eigenvalue weighted by Crippen LogP contribution is -2.38. The molecule has 0 amide bonds. The first-order valence-corrected chi connectivity index (χ1v) is 7.82. The Hall–Kier alpha value is -1.74. The summed E-state index contributed by atoms with van der Waals surface area (Å²) in [7, 11) is 0. The van der Waals surface area contributed by atoms with E-state index in [0.717, 1.165) is 13.0 Å². The number of pyridine rings is 2. The summed E-state index contributed by atoms with van der Waals surface area (Å²) >= 11 is 0. The van der Waals surface area contributed by atoms with Gasteiger partial charge in [0.15, 0.2) is 31.3 Å². The van der Waals surface area contributed by atoms with E-state index >= 15 is 0 Å². The van der Waals surface area contributed by atoms with Gasteiger partial charge in [-0.05, 0) is 6.42 Å². The lowest BCUT2D eigenvalue weighted by molar-refractivity contribution is -0.703. The Bertz CT molecular complexity index is 459. The first kappa shape index (κ1) is 17.3. The second-order valence-electron chi connectivity index (χ2n) is 5.10. The van der Waals surface area contributed by atoms with Gasteiger partial charge in [-0.15, -0.1) is 0 Å². The fourth-order valence-electron chi connectivity index (χ4n) is 1.85. The monoisotopic (exact) mass is 288 g/mol. The van der Waals surface area contributed by atoms with Gasteiger partial charge in [0.2, 0.25) is 0 Å². The minimum absolute atomic E-state index is 0.220. The maximum atomic E-state index is 9.29. The molecule has 0 aliphatic heterocycles. The third kappa shape index (κ3) is 8.20. The minimum atomic E-state index is -0.220. The summed E-state index contributed by atoms with van der Waals surface area (Å²) in [6.45, 7) is 6.03. The van der Waals surface area contributed by atoms with Crippen LogP contribution in [0.3, 0.4) is 0 Å². The van der Waals surface area contributed by atoms with Crippen LogP contribution in [0.15, 0.2) is 61.2 Å². The van der Waals surface area contributed by atoms with E-state index in [2.05, 4.69) is 36.0 Å². The molecule has 0 aliphatic rings. The Kier molecular flexibility index (Phi) is 9.05. The molecule has 2 rings (SSSR count). The molecule has 3 nitrogen and oxygen atoms in total. The Labute approximate surface area is 128 Å². The molecule has 0 saturated carbocycles. The number of nitrogens with zero attached hydrogens (tertiary/aromatic N) is 2. The molecule has 0 saturated heterocycles. The first-order valence-electron chi connectivity index (χ1n) is 7.82. The SMILES string of the molecule is CCC(O)C[n+]1ccccc1.CCCC[n+]1ccccc1. The van der Waals surface area contributed by atoms with Crippen LogP contribution in [0.1, 0.15) is 33.1 Å². The highest BCUT2D eigenvalue weighted by Crippen LogP contribution is 1.88. The van der Waals surface area contributed by atoms with Gasteiger partial charge in [-0.1, -0.05) is 32.4 Å². The number of aromatic nitrogens is 2. The number of aliphatic hydroxyl groups is 1. The van der Waals surface area contributed by atoms with Crippen molar-refractivity contribution in [2.45, 2.75) is 52.3 Å². The molecule has 2 heterocycles. The third-order valence-electron chi connectivity index (χ3n) is 3.22. The summed E-state index contributed by atoms with van der Waals surface area (Å²) in [4.78, 5) is 0. The molecule has 0 aromatic carbocycles. The lowest BCUT2D eigenvalue weighted by atomic mass is 10.3. The number of aliphatic hydroxyl groups excluding tert-OH is 1. The van der Waals surface area contributed by atoms with Crippen LogP contribution in [-0.2, 0) is 13.1 Å². The average Bonchev–Trinajstić information content (AvgIpc) is 2.55. The second-order valence-corrected chi connectivity index (χ2v) is 5.10. The largest absolute Gasteiger partial charge is 0.387 e. The smallest absolute Gasteiger partial charge is 0.174 e. The number of unbranched alkanes of at least 4 members (excludes halogenated alkanes) is 1. The van der Waals surface area contributed by atoms with Crippen LogP contribution in [0.4, 0.5) is 0 Å².